The van der Waals surface area contributed by atoms with Crippen LogP contribution < -0.4 is 33.8 Å². The number of allylic oxidation sites excluding steroid dienone is 1. The van der Waals surface area contributed by atoms with E-state index in [-0.39, 0.29) is 22.6 Å². The van der Waals surface area contributed by atoms with E-state index >= 15 is 0 Å². The zero-order valence-corrected chi connectivity index (χ0v) is 25.6. The Kier molecular flexibility index (Phi) is 8.96. The number of hydrogen-bond donors (Lipinski definition) is 0. The molecule has 1 aliphatic heterocycles. The monoisotopic (exact) mass is 614 g/mol. The smallest absolute Gasteiger partial charge is 0.338 e. The van der Waals surface area contributed by atoms with Gasteiger partial charge in [0.2, 0.25) is 0 Å². The van der Waals surface area contributed by atoms with Crippen molar-refractivity contribution in [3.8, 4) is 23.0 Å². The fourth-order valence-corrected chi connectivity index (χ4v) is 5.93. The molecule has 0 bridgehead atoms. The summed E-state index contributed by atoms with van der Waals surface area (Å²) in [4.78, 5) is 43.6. The molecule has 0 aliphatic carbocycles. The quantitative estimate of drug-likeness (QED) is 0.206. The van der Waals surface area contributed by atoms with Gasteiger partial charge in [0.15, 0.2) is 27.8 Å². The Morgan fingerprint density at radius 1 is 0.932 bits per heavy atom. The molecule has 1 aromatic heterocycles. The summed E-state index contributed by atoms with van der Waals surface area (Å²) in [5.41, 5.74) is 2.55. The normalized spacial score (nSPS) is 14.4. The second-order valence-electron chi connectivity index (χ2n) is 9.76. The summed E-state index contributed by atoms with van der Waals surface area (Å²) in [5.74, 6) is 0.428. The number of ether oxygens (including phenoxy) is 5. The zero-order valence-electron chi connectivity index (χ0n) is 24.8. The summed E-state index contributed by atoms with van der Waals surface area (Å²) in [6.07, 6.45) is 1.74. The lowest BCUT2D eigenvalue weighted by atomic mass is 9.95. The minimum absolute atomic E-state index is 0.204. The second kappa shape index (κ2) is 13.0. The van der Waals surface area contributed by atoms with E-state index in [4.69, 9.17) is 23.7 Å². The highest BCUT2D eigenvalue weighted by Gasteiger charge is 2.33. The molecular formula is C33H30N2O8S. The molecule has 0 unspecified atom stereocenters. The third kappa shape index (κ3) is 6.13. The fourth-order valence-electron chi connectivity index (χ4n) is 4.88. The van der Waals surface area contributed by atoms with Gasteiger partial charge in [-0.25, -0.2) is 9.79 Å². The van der Waals surface area contributed by atoms with Gasteiger partial charge >= 0.3 is 11.9 Å². The number of nitrogens with zero attached hydrogens (tertiary/aromatic N) is 2. The first-order chi connectivity index (χ1) is 21.2. The number of rotatable bonds is 9. The molecule has 11 heteroatoms. The first kappa shape index (κ1) is 30.3. The molecule has 0 amide bonds. The number of methoxy groups -OCH3 is 3. The average molecular weight is 615 g/mol. The van der Waals surface area contributed by atoms with Gasteiger partial charge in [-0.2, -0.15) is 0 Å². The van der Waals surface area contributed by atoms with Crippen molar-refractivity contribution >= 4 is 29.4 Å². The molecule has 0 radical (unpaired) electrons. The van der Waals surface area contributed by atoms with Crippen LogP contribution in [0.15, 0.2) is 87.8 Å². The number of benzene rings is 3. The number of carbonyl (C=O) groups excluding carboxylic acids is 2. The number of fused-ring (bicyclic) bond motifs is 1. The molecule has 10 nitrogen and oxygen atoms in total. The number of esters is 2. The minimum Gasteiger partial charge on any atom is -0.493 e. The molecule has 0 fully saturated rings. The van der Waals surface area contributed by atoms with Gasteiger partial charge in [-0.3, -0.25) is 14.2 Å². The predicted molar refractivity (Wildman–Crippen MR) is 164 cm³/mol. The maximum Gasteiger partial charge on any atom is 0.338 e. The van der Waals surface area contributed by atoms with E-state index in [1.54, 1.807) is 50.4 Å². The van der Waals surface area contributed by atoms with Gasteiger partial charge in [0.25, 0.3) is 5.56 Å². The largest absolute Gasteiger partial charge is 0.493 e. The van der Waals surface area contributed by atoms with Crippen LogP contribution in [0.4, 0.5) is 0 Å². The van der Waals surface area contributed by atoms with Crippen LogP contribution >= 0.6 is 11.3 Å². The summed E-state index contributed by atoms with van der Waals surface area (Å²) < 4.78 is 29.2. The van der Waals surface area contributed by atoms with Crippen LogP contribution in [0.3, 0.4) is 0 Å². The van der Waals surface area contributed by atoms with Gasteiger partial charge in [-0.15, -0.1) is 0 Å². The summed E-state index contributed by atoms with van der Waals surface area (Å²) >= 11 is 1.20. The van der Waals surface area contributed by atoms with E-state index in [2.05, 4.69) is 4.99 Å². The highest BCUT2D eigenvalue weighted by Crippen LogP contribution is 2.36. The molecule has 5 rings (SSSR count). The minimum atomic E-state index is -0.871. The van der Waals surface area contributed by atoms with E-state index in [0.717, 1.165) is 5.56 Å². The van der Waals surface area contributed by atoms with Crippen molar-refractivity contribution in [2.75, 3.05) is 21.3 Å². The molecule has 1 aliphatic rings. The van der Waals surface area contributed by atoms with Crippen molar-refractivity contribution < 1.29 is 33.3 Å². The lowest BCUT2D eigenvalue weighted by Crippen LogP contribution is -2.39. The van der Waals surface area contributed by atoms with Crippen LogP contribution in [0.2, 0.25) is 0 Å². The van der Waals surface area contributed by atoms with E-state index in [0.29, 0.717) is 44.3 Å². The number of hydrogen-bond acceptors (Lipinski definition) is 10. The maximum atomic E-state index is 14.0. The number of carbonyl (C=O) groups is 2. The van der Waals surface area contributed by atoms with Crippen molar-refractivity contribution in [2.45, 2.75) is 26.5 Å². The zero-order chi connectivity index (χ0) is 31.4. The van der Waals surface area contributed by atoms with Gasteiger partial charge in [0.05, 0.1) is 43.2 Å². The first-order valence-corrected chi connectivity index (χ1v) is 14.4. The van der Waals surface area contributed by atoms with Crippen LogP contribution in [0, 0.1) is 0 Å². The van der Waals surface area contributed by atoms with Gasteiger partial charge in [0.1, 0.15) is 6.61 Å². The van der Waals surface area contributed by atoms with Crippen LogP contribution in [0.25, 0.3) is 6.08 Å². The molecule has 226 valence electrons. The Hall–Kier alpha value is -5.16. The molecule has 4 aromatic rings. The van der Waals surface area contributed by atoms with Crippen molar-refractivity contribution in [3.63, 3.8) is 0 Å². The van der Waals surface area contributed by atoms with Gasteiger partial charge in [-0.05, 0) is 54.0 Å². The number of thiazole rings is 1. The third-order valence-electron chi connectivity index (χ3n) is 6.91. The Bertz CT molecular complexity index is 1940. The summed E-state index contributed by atoms with van der Waals surface area (Å²) in [7, 11) is 4.27. The van der Waals surface area contributed by atoms with Crippen LogP contribution in [-0.2, 0) is 20.9 Å². The maximum absolute atomic E-state index is 14.0. The molecule has 3 aromatic carbocycles. The molecule has 1 atom stereocenters. The van der Waals surface area contributed by atoms with Crippen molar-refractivity contribution in [1.82, 2.24) is 4.57 Å². The van der Waals surface area contributed by atoms with Crippen LogP contribution in [0.1, 0.15) is 36.6 Å². The van der Waals surface area contributed by atoms with Gasteiger partial charge in [-0.1, -0.05) is 53.8 Å². The molecule has 0 N–H and O–H groups in total. The number of aromatic nitrogens is 1. The molecule has 2 heterocycles. The molecular weight excluding hydrogens is 584 g/mol. The fraction of sp³-hybridized carbons (Fsp3) is 0.212. The van der Waals surface area contributed by atoms with E-state index in [9.17, 15) is 14.4 Å². The predicted octanol–water partition coefficient (Wildman–Crippen LogP) is 3.93. The summed E-state index contributed by atoms with van der Waals surface area (Å²) in [6, 6.07) is 19.2. The van der Waals surface area contributed by atoms with Crippen LogP contribution in [0.5, 0.6) is 23.0 Å². The average Bonchev–Trinajstić information content (AvgIpc) is 3.33. The SMILES string of the molecule is COC(=O)C1=C(C)N=c2s/c(=C/c3ccc(OCc4ccccc4)c(OC)c3)c(=O)n2[C@H]1c1ccc(OC(C)=O)c(OC)c1. The van der Waals surface area contributed by atoms with E-state index in [1.165, 1.54) is 37.0 Å². The van der Waals surface area contributed by atoms with Crippen molar-refractivity contribution in [3.05, 3.63) is 114 Å². The standard InChI is InChI=1S/C33H30N2O8S/c1-19-29(32(38)41-5)30(23-12-14-25(43-20(2)36)27(17-23)40-4)35-31(37)28(44-33(35)34-19)16-22-11-13-24(26(15-22)39-3)42-18-21-9-7-6-8-10-21/h6-17,30H,18H2,1-5H3/b28-16+/t30-/m0/s1. The van der Waals surface area contributed by atoms with E-state index < -0.39 is 18.0 Å². The molecule has 0 spiro atoms. The summed E-state index contributed by atoms with van der Waals surface area (Å²) in [6.45, 7) is 3.36. The Morgan fingerprint density at radius 3 is 2.32 bits per heavy atom. The van der Waals surface area contributed by atoms with Gasteiger partial charge < -0.3 is 23.7 Å². The lowest BCUT2D eigenvalue weighted by molar-refractivity contribution is -0.136. The first-order valence-electron chi connectivity index (χ1n) is 13.6. The topological polar surface area (TPSA) is 115 Å². The van der Waals surface area contributed by atoms with Crippen LogP contribution in [-0.4, -0.2) is 37.8 Å². The Balaban J connectivity index is 1.58. The lowest BCUT2D eigenvalue weighted by Gasteiger charge is -2.25. The molecule has 0 saturated heterocycles. The highest BCUT2D eigenvalue weighted by atomic mass is 32.1. The van der Waals surface area contributed by atoms with Gasteiger partial charge in [0, 0.05) is 6.92 Å². The van der Waals surface area contributed by atoms with Crippen molar-refractivity contribution in [2.24, 2.45) is 4.99 Å². The Labute approximate surface area is 257 Å². The van der Waals surface area contributed by atoms with E-state index in [1.807, 2.05) is 36.4 Å². The summed E-state index contributed by atoms with van der Waals surface area (Å²) in [5, 5.41) is 0. The molecule has 44 heavy (non-hydrogen) atoms. The Morgan fingerprint density at radius 2 is 1.64 bits per heavy atom. The van der Waals surface area contributed by atoms with Crippen molar-refractivity contribution in [1.29, 1.82) is 0 Å². The molecule has 0 saturated carbocycles. The second-order valence-corrected chi connectivity index (χ2v) is 10.8. The highest BCUT2D eigenvalue weighted by molar-refractivity contribution is 7.07. The third-order valence-corrected chi connectivity index (χ3v) is 7.89.